The number of benzene rings is 12. The molecule has 0 saturated heterocycles. The molecule has 0 aliphatic rings. The van der Waals surface area contributed by atoms with E-state index in [0.29, 0.717) is 30.9 Å². The molecule has 0 saturated carbocycles. The van der Waals surface area contributed by atoms with Gasteiger partial charge in [-0.05, 0) is 65.3 Å². The maximum atomic E-state index is 2.28. The first kappa shape index (κ1) is 71.0. The fourth-order valence-corrected chi connectivity index (χ4v) is 12.3. The maximum Gasteiger partial charge on any atom is 0 e. The summed E-state index contributed by atoms with van der Waals surface area (Å²) < 4.78 is 0. The molecule has 0 bridgehead atoms. The van der Waals surface area contributed by atoms with Crippen LogP contribution in [0.15, 0.2) is 291 Å². The van der Waals surface area contributed by atoms with Crippen molar-refractivity contribution in [2.24, 2.45) is 0 Å². The van der Waals surface area contributed by atoms with Gasteiger partial charge in [-0.2, -0.15) is 24.3 Å². The van der Waals surface area contributed by atoms with Crippen molar-refractivity contribution in [3.05, 3.63) is 313 Å². The molecule has 0 spiro atoms. The molecule has 0 aliphatic carbocycles. The van der Waals surface area contributed by atoms with Crippen LogP contribution in [0.3, 0.4) is 0 Å². The van der Waals surface area contributed by atoms with Crippen LogP contribution in [0.25, 0.3) is 131 Å². The normalized spacial score (nSPS) is 10.4. The van der Waals surface area contributed by atoms with E-state index in [2.05, 4.69) is 342 Å². The van der Waals surface area contributed by atoms with Gasteiger partial charge in [-0.25, -0.2) is 0 Å². The molecule has 0 aromatic heterocycles. The van der Waals surface area contributed by atoms with Crippen LogP contribution in [0.4, 0.5) is 0 Å². The molecule has 6 heteroatoms. The third-order valence-electron chi connectivity index (χ3n) is 15.9. The van der Waals surface area contributed by atoms with E-state index in [1.54, 1.807) is 0 Å². The average molecular weight is 1650 g/mol. The summed E-state index contributed by atoms with van der Waals surface area (Å²) in [7, 11) is 0. The first-order chi connectivity index (χ1) is 42.1. The summed E-state index contributed by atoms with van der Waals surface area (Å²) in [5.41, 5.74) is 15.9. The molecule has 0 atom stereocenters. The monoisotopic (exact) mass is 1660 g/mol. The Morgan fingerprint density at radius 1 is 0.211 bits per heavy atom. The van der Waals surface area contributed by atoms with Crippen LogP contribution in [0.5, 0.6) is 0 Å². The van der Waals surface area contributed by atoms with E-state index in [0.717, 1.165) is 0 Å². The van der Waals surface area contributed by atoms with Gasteiger partial charge in [0.2, 0.25) is 0 Å². The Labute approximate surface area is 596 Å². The Morgan fingerprint density at radius 3 is 0.567 bits per heavy atom. The Balaban J connectivity index is 0.000000163. The zero-order chi connectivity index (χ0) is 59.5. The average Bonchev–Trinajstić information content (AvgIpc) is 2.32. The zero-order valence-electron chi connectivity index (χ0n) is 52.5. The topological polar surface area (TPSA) is 0 Å². The second-order valence-corrected chi connectivity index (χ2v) is 26.7. The summed E-state index contributed by atoms with van der Waals surface area (Å²) in [5, 5.41) is 21.2. The van der Waals surface area contributed by atoms with Crippen molar-refractivity contribution in [2.45, 2.75) is 50.7 Å². The Hall–Kier alpha value is -6.47. The first-order valence-electron chi connectivity index (χ1n) is 29.9. The fraction of sp³-hybridized carbons (Fsp3) is 0.0952. The molecule has 0 heterocycles. The van der Waals surface area contributed by atoms with Gasteiger partial charge in [-0.3, -0.25) is 0 Å². The van der Waals surface area contributed by atoms with Gasteiger partial charge in [0.25, 0.3) is 0 Å². The van der Waals surface area contributed by atoms with Crippen LogP contribution in [0, 0.1) is 27.7 Å². The molecule has 16 aromatic rings. The number of hydrogen-bond donors (Lipinski definition) is 0. The van der Waals surface area contributed by atoms with Crippen molar-refractivity contribution < 1.29 is 76.5 Å². The Kier molecular flexibility index (Phi) is 26.6. The third kappa shape index (κ3) is 16.0. The Morgan fingerprint density at radius 2 is 0.367 bits per heavy atom. The zero-order valence-corrected chi connectivity index (χ0v) is 65.4. The second-order valence-electron chi connectivity index (χ2n) is 22.5. The standard InChI is InChI=1S/4C20H15.2C2H6Ge.2ClH.2Hf/c4*1-14-12-16-8-5-11-19(20(16)13-14)18-10-4-7-15-6-2-3-9-17(15)18;2*1-3-2;;;;/h4*2-13H,1H3;2*1-2H3;2*1H;;/q4*-1;;;;;;/p-2. The maximum absolute atomic E-state index is 2.28. The van der Waals surface area contributed by atoms with E-state index in [1.165, 1.54) is 153 Å². The molecule has 0 amide bonds. The minimum atomic E-state index is 0. The summed E-state index contributed by atoms with van der Waals surface area (Å²) in [6, 6.07) is 105. The van der Waals surface area contributed by atoms with Crippen molar-refractivity contribution in [1.82, 2.24) is 0 Å². The molecule has 90 heavy (non-hydrogen) atoms. The van der Waals surface area contributed by atoms with Gasteiger partial charge in [0.15, 0.2) is 0 Å². The van der Waals surface area contributed by atoms with Crippen molar-refractivity contribution in [3.63, 3.8) is 0 Å². The van der Waals surface area contributed by atoms with Gasteiger partial charge in [0.1, 0.15) is 0 Å². The van der Waals surface area contributed by atoms with Gasteiger partial charge in [-0.1, -0.05) is 244 Å². The van der Waals surface area contributed by atoms with Gasteiger partial charge >= 0.3 is 53.9 Å². The SMILES string of the molecule is Cc1cc2c(-c3cccc4ccccc34)cccc2[cH-]1.Cc1cc2c(-c3cccc4ccccc34)cccc2[cH-]1.Cc1cc2c(-c3cccc4ccccc34)cccc2[cH-]1.Cc1cc2c(-c3cccc4ccccc34)cccc2[cH-]1.[CH3][Ge][CH3].[CH3][Ge][CH3].[Cl-].[Cl-].[Hf].[Hf]. The summed E-state index contributed by atoms with van der Waals surface area (Å²) >= 11 is 1.00. The third-order valence-corrected chi connectivity index (χ3v) is 15.9. The van der Waals surface area contributed by atoms with Crippen LogP contribution in [0.2, 0.25) is 23.0 Å². The van der Waals surface area contributed by atoms with Gasteiger partial charge in [0.05, 0.1) is 0 Å². The van der Waals surface area contributed by atoms with Crippen molar-refractivity contribution >= 4 is 117 Å². The van der Waals surface area contributed by atoms with Crippen LogP contribution in [-0.4, -0.2) is 30.9 Å². The molecule has 16 aromatic carbocycles. The summed E-state index contributed by atoms with van der Waals surface area (Å²) in [6.45, 7) is 8.64. The minimum absolute atomic E-state index is 0. The van der Waals surface area contributed by atoms with Crippen molar-refractivity contribution in [1.29, 1.82) is 0 Å². The van der Waals surface area contributed by atoms with E-state index in [1.807, 2.05) is 0 Å². The van der Waals surface area contributed by atoms with E-state index >= 15 is 0 Å². The molecule has 4 radical (unpaired) electrons. The number of hydrogen-bond acceptors (Lipinski definition) is 0. The molecule has 0 fully saturated rings. The molecule has 444 valence electrons. The molecule has 0 aliphatic heterocycles. The Bertz CT molecular complexity index is 4320. The predicted molar refractivity (Wildman–Crippen MR) is 384 cm³/mol. The molecule has 0 unspecified atom stereocenters. The van der Waals surface area contributed by atoms with Crippen LogP contribution < -0.4 is 24.8 Å². The quantitative estimate of drug-likeness (QED) is 0.122. The van der Waals surface area contributed by atoms with E-state index < -0.39 is 0 Å². The molecule has 0 N–H and O–H groups in total. The largest absolute Gasteiger partial charge is 1.00 e. The van der Waals surface area contributed by atoms with Gasteiger partial charge in [0, 0.05) is 51.7 Å². The van der Waals surface area contributed by atoms with Gasteiger partial charge < -0.3 is 24.8 Å². The predicted octanol–water partition coefficient (Wildman–Crippen LogP) is 18.3. The molecular weight excluding hydrogens is 1580 g/mol. The van der Waals surface area contributed by atoms with E-state index in [9.17, 15) is 0 Å². The molecule has 16 rings (SSSR count). The number of aryl methyl sites for hydroxylation is 4. The summed E-state index contributed by atoms with van der Waals surface area (Å²) in [5.74, 6) is 9.00. The molecular formula is C84H72Cl2Ge2Hf2-6. The fourth-order valence-electron chi connectivity index (χ4n) is 12.3. The van der Waals surface area contributed by atoms with Crippen LogP contribution >= 0.6 is 0 Å². The van der Waals surface area contributed by atoms with Gasteiger partial charge in [-0.15, -0.1) is 138 Å². The second kappa shape index (κ2) is 33.7. The van der Waals surface area contributed by atoms with Crippen LogP contribution in [0.1, 0.15) is 22.3 Å². The van der Waals surface area contributed by atoms with Crippen molar-refractivity contribution in [3.8, 4) is 44.5 Å². The van der Waals surface area contributed by atoms with E-state index in [-0.39, 0.29) is 76.5 Å². The minimum Gasteiger partial charge on any atom is -1.00 e. The first-order valence-corrected chi connectivity index (χ1v) is 38.3. The number of halogens is 2. The van der Waals surface area contributed by atoms with E-state index in [4.69, 9.17) is 0 Å². The number of rotatable bonds is 4. The van der Waals surface area contributed by atoms with Crippen LogP contribution in [-0.2, 0) is 51.7 Å². The van der Waals surface area contributed by atoms with Crippen molar-refractivity contribution in [2.75, 3.05) is 0 Å². The molecule has 0 nitrogen and oxygen atoms in total. The summed E-state index contributed by atoms with van der Waals surface area (Å²) in [4.78, 5) is 0. The number of fused-ring (bicyclic) bond motifs is 8. The summed E-state index contributed by atoms with van der Waals surface area (Å²) in [6.07, 6.45) is 0. The smallest absolute Gasteiger partial charge is 0 e.